The van der Waals surface area contributed by atoms with Crippen LogP contribution in [-0.2, 0) is 24.1 Å². The van der Waals surface area contributed by atoms with Crippen molar-refractivity contribution in [1.29, 1.82) is 0 Å². The van der Waals surface area contributed by atoms with E-state index in [9.17, 15) is 13.2 Å². The van der Waals surface area contributed by atoms with E-state index in [1.54, 1.807) is 29.2 Å². The normalized spacial score (nSPS) is 16.4. The Balaban J connectivity index is 0.00000288. The third-order valence-electron chi connectivity index (χ3n) is 3.13. The fourth-order valence-electron chi connectivity index (χ4n) is 2.07. The molecule has 0 aromatic heterocycles. The average molecular weight is 405 g/mol. The summed E-state index contributed by atoms with van der Waals surface area (Å²) in [6.07, 6.45) is -0.896. The standard InChI is InChI=1S/C13H17ClN2O6S.K.H/c14-7-12(22-23(18,19)20)8-15-10-1-3-11(4-2-10)16-5-6-21-9-13(16)17;;/h1-4,12,15H,5-9H2,(H,18,19,20);;/q;+1;-1/t12-;;/m0../s1. The molecule has 1 amide bonds. The van der Waals surface area contributed by atoms with Crippen molar-refractivity contribution in [3.63, 3.8) is 0 Å². The van der Waals surface area contributed by atoms with Gasteiger partial charge in [-0.1, -0.05) is 0 Å². The van der Waals surface area contributed by atoms with E-state index in [0.717, 1.165) is 5.69 Å². The topological polar surface area (TPSA) is 105 Å². The molecule has 1 aromatic carbocycles. The van der Waals surface area contributed by atoms with Crippen LogP contribution < -0.4 is 61.6 Å². The molecule has 0 unspecified atom stereocenters. The maximum atomic E-state index is 11.7. The minimum absolute atomic E-state index is 0. The van der Waals surface area contributed by atoms with Crippen molar-refractivity contribution >= 4 is 39.3 Å². The maximum Gasteiger partial charge on any atom is 1.00 e. The summed E-state index contributed by atoms with van der Waals surface area (Å²) in [7, 11) is -4.55. The molecule has 0 bridgehead atoms. The van der Waals surface area contributed by atoms with E-state index in [0.29, 0.717) is 18.8 Å². The number of amides is 1. The van der Waals surface area contributed by atoms with Gasteiger partial charge in [0.25, 0.3) is 5.91 Å². The van der Waals surface area contributed by atoms with Crippen LogP contribution in [0.4, 0.5) is 11.4 Å². The first-order chi connectivity index (χ1) is 10.9. The van der Waals surface area contributed by atoms with Gasteiger partial charge in [-0.15, -0.1) is 11.6 Å². The van der Waals surface area contributed by atoms with Gasteiger partial charge in [-0.3, -0.25) is 9.35 Å². The van der Waals surface area contributed by atoms with Crippen LogP contribution in [0.15, 0.2) is 24.3 Å². The second kappa shape index (κ2) is 10.4. The van der Waals surface area contributed by atoms with E-state index in [1.165, 1.54) is 0 Å². The predicted molar refractivity (Wildman–Crippen MR) is 86.4 cm³/mol. The summed E-state index contributed by atoms with van der Waals surface area (Å²) in [6.45, 7) is 1.17. The molecule has 1 aliphatic rings. The number of carbonyl (C=O) groups excluding carboxylic acids is 1. The Bertz CT molecular complexity index is 648. The Hall–Kier alpha value is 0.246. The number of rotatable bonds is 7. The molecule has 2 N–H and O–H groups in total. The molecule has 1 saturated heterocycles. The molecular formula is C13H18ClKN2O6S. The van der Waals surface area contributed by atoms with Gasteiger partial charge in [0.05, 0.1) is 12.5 Å². The van der Waals surface area contributed by atoms with Crippen LogP contribution in [0.25, 0.3) is 0 Å². The first-order valence-corrected chi connectivity index (χ1v) is 8.73. The van der Waals surface area contributed by atoms with Crippen LogP contribution in [0.2, 0.25) is 0 Å². The summed E-state index contributed by atoms with van der Waals surface area (Å²) in [5.41, 5.74) is 1.45. The minimum Gasteiger partial charge on any atom is -1.00 e. The van der Waals surface area contributed by atoms with Crippen LogP contribution in [0.1, 0.15) is 1.43 Å². The maximum absolute atomic E-state index is 11.7. The number of hydrogen-bond donors (Lipinski definition) is 2. The van der Waals surface area contributed by atoms with Gasteiger partial charge in [-0.25, -0.2) is 4.18 Å². The first-order valence-electron chi connectivity index (χ1n) is 6.83. The number of nitrogens with one attached hydrogen (secondary N) is 1. The second-order valence-electron chi connectivity index (χ2n) is 4.83. The van der Waals surface area contributed by atoms with Crippen molar-refractivity contribution in [1.82, 2.24) is 0 Å². The molecule has 0 aliphatic carbocycles. The van der Waals surface area contributed by atoms with E-state index >= 15 is 0 Å². The molecule has 1 fully saturated rings. The van der Waals surface area contributed by atoms with E-state index < -0.39 is 16.5 Å². The molecule has 0 spiro atoms. The number of alkyl halides is 1. The number of hydrogen-bond acceptors (Lipinski definition) is 6. The van der Waals surface area contributed by atoms with Gasteiger partial charge < -0.3 is 16.4 Å². The number of halogens is 1. The molecule has 1 atom stereocenters. The SMILES string of the molecule is O=C1COCCN1c1ccc(NC[C@H](CCl)OS(=O)(=O)O)cc1.[H-].[K+]. The number of nitrogens with zero attached hydrogens (tertiary/aromatic N) is 1. The number of benzene rings is 1. The van der Waals surface area contributed by atoms with Crippen molar-refractivity contribution in [2.24, 2.45) is 0 Å². The van der Waals surface area contributed by atoms with Crippen molar-refractivity contribution < 1.29 is 79.5 Å². The number of morpholine rings is 1. The van der Waals surface area contributed by atoms with Crippen LogP contribution in [0.3, 0.4) is 0 Å². The molecule has 2 rings (SSSR count). The summed E-state index contributed by atoms with van der Waals surface area (Å²) in [5.74, 6) is -0.201. The smallest absolute Gasteiger partial charge is 1.00 e. The van der Waals surface area contributed by atoms with Crippen molar-refractivity contribution in [3.05, 3.63) is 24.3 Å². The van der Waals surface area contributed by atoms with Gasteiger partial charge in [-0.05, 0) is 24.3 Å². The van der Waals surface area contributed by atoms with Crippen molar-refractivity contribution in [2.75, 3.05) is 42.4 Å². The Morgan fingerprint density at radius 2 is 2.08 bits per heavy atom. The Morgan fingerprint density at radius 3 is 2.62 bits per heavy atom. The predicted octanol–water partition coefficient (Wildman–Crippen LogP) is -1.99. The third-order valence-corrected chi connectivity index (χ3v) is 3.99. The van der Waals surface area contributed by atoms with Gasteiger partial charge in [0, 0.05) is 24.5 Å². The zero-order valence-electron chi connectivity index (χ0n) is 14.1. The Morgan fingerprint density at radius 1 is 1.42 bits per heavy atom. The van der Waals surface area contributed by atoms with E-state index in [4.69, 9.17) is 20.9 Å². The van der Waals surface area contributed by atoms with Crippen LogP contribution in [-0.4, -0.2) is 57.2 Å². The fraction of sp³-hybridized carbons (Fsp3) is 0.462. The average Bonchev–Trinajstić information content (AvgIpc) is 2.51. The van der Waals surface area contributed by atoms with Gasteiger partial charge in [0.2, 0.25) is 0 Å². The summed E-state index contributed by atoms with van der Waals surface area (Å²) in [4.78, 5) is 13.4. The van der Waals surface area contributed by atoms with Crippen LogP contribution >= 0.6 is 11.6 Å². The second-order valence-corrected chi connectivity index (χ2v) is 6.18. The molecule has 1 aromatic rings. The fourth-order valence-corrected chi connectivity index (χ4v) is 2.80. The number of carbonyl (C=O) groups is 1. The quantitative estimate of drug-likeness (QED) is 0.308. The summed E-state index contributed by atoms with van der Waals surface area (Å²) in [5, 5.41) is 2.95. The first kappa shape index (κ1) is 22.3. The summed E-state index contributed by atoms with van der Waals surface area (Å²) >= 11 is 5.59. The summed E-state index contributed by atoms with van der Waals surface area (Å²) in [6, 6.07) is 7.03. The number of ether oxygens (including phenoxy) is 1. The molecule has 24 heavy (non-hydrogen) atoms. The summed E-state index contributed by atoms with van der Waals surface area (Å²) < 4.78 is 39.4. The Labute approximate surface area is 189 Å². The number of anilines is 2. The van der Waals surface area contributed by atoms with Gasteiger partial charge in [-0.2, -0.15) is 8.42 Å². The van der Waals surface area contributed by atoms with E-state index in [2.05, 4.69) is 9.50 Å². The molecular weight excluding hydrogens is 387 g/mol. The zero-order valence-corrected chi connectivity index (χ0v) is 17.8. The largest absolute Gasteiger partial charge is 1.00 e. The van der Waals surface area contributed by atoms with Crippen molar-refractivity contribution in [2.45, 2.75) is 6.10 Å². The molecule has 1 heterocycles. The zero-order chi connectivity index (χ0) is 16.9. The van der Waals surface area contributed by atoms with Crippen LogP contribution in [0, 0.1) is 0 Å². The van der Waals surface area contributed by atoms with Gasteiger partial charge in [0.1, 0.15) is 12.7 Å². The monoisotopic (exact) mass is 404 g/mol. The van der Waals surface area contributed by atoms with E-state index in [-0.39, 0.29) is 77.7 Å². The van der Waals surface area contributed by atoms with Gasteiger partial charge in [0.15, 0.2) is 0 Å². The van der Waals surface area contributed by atoms with Gasteiger partial charge >= 0.3 is 61.8 Å². The third kappa shape index (κ3) is 7.24. The van der Waals surface area contributed by atoms with Crippen LogP contribution in [0.5, 0.6) is 0 Å². The molecule has 0 saturated carbocycles. The molecule has 11 heteroatoms. The molecule has 0 radical (unpaired) electrons. The molecule has 130 valence electrons. The van der Waals surface area contributed by atoms with Crippen molar-refractivity contribution in [3.8, 4) is 0 Å². The molecule has 1 aliphatic heterocycles. The minimum atomic E-state index is -4.55. The Kier molecular flexibility index (Phi) is 9.67. The molecule has 8 nitrogen and oxygen atoms in total. The van der Waals surface area contributed by atoms with E-state index in [1.807, 2.05) is 0 Å².